The zero-order chi connectivity index (χ0) is 18.3. The number of unbranched alkanes of at least 4 members (excludes halogenated alkanes) is 7. The summed E-state index contributed by atoms with van der Waals surface area (Å²) in [4.78, 5) is 0. The minimum atomic E-state index is -1.35. The number of nitrogens with zero attached hydrogens (tertiary/aromatic N) is 1. The molecule has 0 aromatic rings. The summed E-state index contributed by atoms with van der Waals surface area (Å²) in [6.45, 7) is 6.96. The van der Waals surface area contributed by atoms with E-state index in [9.17, 15) is 0 Å². The molecule has 0 amide bonds. The second-order valence-corrected chi connectivity index (χ2v) is 7.84. The Bertz CT molecular complexity index is 282. The van der Waals surface area contributed by atoms with Gasteiger partial charge in [0.05, 0.1) is 20.2 Å². The first-order valence-electron chi connectivity index (χ1n) is 9.90. The molecule has 0 aliphatic rings. The van der Waals surface area contributed by atoms with Crippen molar-refractivity contribution >= 4 is 12.4 Å². The summed E-state index contributed by atoms with van der Waals surface area (Å²) in [5.74, 6) is 6.78. The van der Waals surface area contributed by atoms with E-state index in [0.717, 1.165) is 25.4 Å². The Morgan fingerprint density at radius 3 is 1.81 bits per heavy atom. The number of aliphatic hydroxyl groups excluding tert-OH is 1. The van der Waals surface area contributed by atoms with Gasteiger partial charge in [-0.3, -0.25) is 0 Å². The maximum absolute atomic E-state index is 8.94. The van der Waals surface area contributed by atoms with Gasteiger partial charge in [0.1, 0.15) is 6.54 Å². The first kappa shape index (κ1) is 31.1. The van der Waals surface area contributed by atoms with Crippen LogP contribution < -0.4 is 18.2 Å². The molecule has 0 radical (unpaired) electrons. The average molecular weight is 419 g/mol. The molecule has 5 nitrogen and oxygen atoms in total. The molecule has 0 aromatic heterocycles. The van der Waals surface area contributed by atoms with Gasteiger partial charge in [0.2, 0.25) is 6.29 Å². The lowest BCUT2D eigenvalue weighted by molar-refractivity contribution is -0.926. The molecule has 0 bridgehead atoms. The zero-order valence-electron chi connectivity index (χ0n) is 17.2. The van der Waals surface area contributed by atoms with E-state index in [2.05, 4.69) is 13.8 Å². The Kier molecular flexibility index (Phi) is 24.1. The molecule has 0 heterocycles. The standard InChI is InChI=1S/C19H43N2O3.2ClH/c1-18(2)13-10-8-6-4-5-7-9-11-15-24-16-12-14-21(3,20)17-19(22)23;;/h18-19,22-23H,4-17,20H2,1-3H3;2*1H/q+1;;/p-1. The molecule has 0 spiro atoms. The van der Waals surface area contributed by atoms with Crippen LogP contribution >= 0.6 is 12.4 Å². The van der Waals surface area contributed by atoms with Crippen molar-refractivity contribution in [2.75, 3.05) is 33.4 Å². The maximum atomic E-state index is 8.94. The van der Waals surface area contributed by atoms with Crippen LogP contribution in [0.1, 0.15) is 78.1 Å². The number of aliphatic hydroxyl groups is 2. The molecule has 0 saturated heterocycles. The molecule has 0 saturated carbocycles. The molecule has 162 valence electrons. The van der Waals surface area contributed by atoms with Crippen molar-refractivity contribution in [1.29, 1.82) is 0 Å². The van der Waals surface area contributed by atoms with Crippen LogP contribution in [-0.2, 0) is 4.74 Å². The molecule has 4 N–H and O–H groups in total. The Morgan fingerprint density at radius 1 is 0.846 bits per heavy atom. The van der Waals surface area contributed by atoms with Crippen LogP contribution in [0.5, 0.6) is 0 Å². The molecule has 0 fully saturated rings. The molecule has 7 heteroatoms. The quantitative estimate of drug-likeness (QED) is 0.106. The molecule has 26 heavy (non-hydrogen) atoms. The smallest absolute Gasteiger partial charge is 0.204 e. The summed E-state index contributed by atoms with van der Waals surface area (Å²) < 4.78 is 5.75. The SMILES string of the molecule is CC(C)CCCCCCCCCCOCCC[N+](C)(N)CC(O)O.Cl.[Cl-]. The van der Waals surface area contributed by atoms with Gasteiger partial charge in [0.25, 0.3) is 0 Å². The maximum Gasteiger partial charge on any atom is 0.204 e. The average Bonchev–Trinajstić information content (AvgIpc) is 2.45. The van der Waals surface area contributed by atoms with Crippen molar-refractivity contribution in [2.45, 2.75) is 84.3 Å². The lowest BCUT2D eigenvalue weighted by Gasteiger charge is -2.28. The van der Waals surface area contributed by atoms with Crippen molar-refractivity contribution in [3.63, 3.8) is 0 Å². The third-order valence-electron chi connectivity index (χ3n) is 4.36. The number of likely N-dealkylation sites (N-methyl/N-ethyl adjacent to an activating group) is 1. The fourth-order valence-electron chi connectivity index (χ4n) is 2.91. The van der Waals surface area contributed by atoms with Gasteiger partial charge in [0.15, 0.2) is 0 Å². The van der Waals surface area contributed by atoms with Gasteiger partial charge in [-0.15, -0.1) is 12.4 Å². The molecular formula is C19H44Cl2N2O3. The third-order valence-corrected chi connectivity index (χ3v) is 4.36. The van der Waals surface area contributed by atoms with E-state index in [1.807, 2.05) is 0 Å². The topological polar surface area (TPSA) is 75.7 Å². The van der Waals surface area contributed by atoms with Gasteiger partial charge >= 0.3 is 0 Å². The normalized spacial score (nSPS) is 13.4. The zero-order valence-corrected chi connectivity index (χ0v) is 18.7. The summed E-state index contributed by atoms with van der Waals surface area (Å²) in [6.07, 6.45) is 11.5. The van der Waals surface area contributed by atoms with Crippen LogP contribution in [0.2, 0.25) is 0 Å². The fraction of sp³-hybridized carbons (Fsp3) is 1.00. The highest BCUT2D eigenvalue weighted by molar-refractivity contribution is 5.85. The van der Waals surface area contributed by atoms with E-state index >= 15 is 0 Å². The Morgan fingerprint density at radius 2 is 1.31 bits per heavy atom. The van der Waals surface area contributed by atoms with E-state index in [-0.39, 0.29) is 36.0 Å². The van der Waals surface area contributed by atoms with Gasteiger partial charge < -0.3 is 27.4 Å². The second-order valence-electron chi connectivity index (χ2n) is 7.84. The van der Waals surface area contributed by atoms with Crippen LogP contribution in [0, 0.1) is 5.92 Å². The predicted molar refractivity (Wildman–Crippen MR) is 107 cm³/mol. The summed E-state index contributed by atoms with van der Waals surface area (Å²) >= 11 is 0. The minimum Gasteiger partial charge on any atom is -1.00 e. The van der Waals surface area contributed by atoms with Crippen LogP contribution in [0.4, 0.5) is 0 Å². The predicted octanol–water partition coefficient (Wildman–Crippen LogP) is 0.617. The number of halogens is 2. The van der Waals surface area contributed by atoms with Crippen molar-refractivity contribution in [3.8, 4) is 0 Å². The van der Waals surface area contributed by atoms with E-state index in [1.54, 1.807) is 7.05 Å². The molecule has 1 unspecified atom stereocenters. The Labute approximate surface area is 174 Å². The van der Waals surface area contributed by atoms with E-state index in [4.69, 9.17) is 20.8 Å². The fourth-order valence-corrected chi connectivity index (χ4v) is 2.91. The number of nitrogens with two attached hydrogens (primary N) is 1. The largest absolute Gasteiger partial charge is 1.00 e. The van der Waals surface area contributed by atoms with E-state index < -0.39 is 6.29 Å². The first-order chi connectivity index (χ1) is 11.3. The van der Waals surface area contributed by atoms with Crippen LogP contribution in [0.25, 0.3) is 0 Å². The number of hydrogen-bond donors (Lipinski definition) is 3. The highest BCUT2D eigenvalue weighted by Crippen LogP contribution is 2.12. The summed E-state index contributed by atoms with van der Waals surface area (Å²) in [5.41, 5.74) is 0. The van der Waals surface area contributed by atoms with Gasteiger partial charge in [-0.1, -0.05) is 65.2 Å². The van der Waals surface area contributed by atoms with Crippen LogP contribution in [-0.4, -0.2) is 54.4 Å². The third kappa shape index (κ3) is 24.4. The number of rotatable bonds is 17. The second kappa shape index (κ2) is 20.1. The van der Waals surface area contributed by atoms with E-state index in [1.165, 1.54) is 51.4 Å². The van der Waals surface area contributed by atoms with Crippen molar-refractivity contribution in [3.05, 3.63) is 0 Å². The Hall–Kier alpha value is 0.380. The van der Waals surface area contributed by atoms with Gasteiger partial charge in [-0.2, -0.15) is 5.84 Å². The lowest BCUT2D eigenvalue weighted by atomic mass is 10.0. The lowest BCUT2D eigenvalue weighted by Crippen LogP contribution is -3.00. The minimum absolute atomic E-state index is 0. The highest BCUT2D eigenvalue weighted by atomic mass is 35.5. The molecule has 1 atom stereocenters. The van der Waals surface area contributed by atoms with Gasteiger partial charge in [0, 0.05) is 13.0 Å². The van der Waals surface area contributed by atoms with Crippen molar-refractivity contribution < 1.29 is 31.9 Å². The molecular weight excluding hydrogens is 375 g/mol. The number of quaternary nitrogens is 1. The van der Waals surface area contributed by atoms with Crippen molar-refractivity contribution in [2.24, 2.45) is 11.8 Å². The molecule has 0 aromatic carbocycles. The monoisotopic (exact) mass is 418 g/mol. The highest BCUT2D eigenvalue weighted by Gasteiger charge is 2.19. The van der Waals surface area contributed by atoms with Gasteiger partial charge in [-0.25, -0.2) is 4.59 Å². The van der Waals surface area contributed by atoms with Crippen molar-refractivity contribution in [1.82, 2.24) is 0 Å². The first-order valence-corrected chi connectivity index (χ1v) is 9.90. The summed E-state index contributed by atoms with van der Waals surface area (Å²) in [7, 11) is 1.79. The summed E-state index contributed by atoms with van der Waals surface area (Å²) in [5, 5.41) is 17.9. The van der Waals surface area contributed by atoms with Gasteiger partial charge in [-0.05, 0) is 12.3 Å². The molecule has 0 rings (SSSR count). The number of ether oxygens (including phenoxy) is 1. The summed E-state index contributed by atoms with van der Waals surface area (Å²) in [6, 6.07) is 0. The van der Waals surface area contributed by atoms with Crippen LogP contribution in [0.3, 0.4) is 0 Å². The van der Waals surface area contributed by atoms with Crippen LogP contribution in [0.15, 0.2) is 0 Å². The molecule has 0 aliphatic heterocycles. The number of hydrogen-bond acceptors (Lipinski definition) is 4. The van der Waals surface area contributed by atoms with E-state index in [0.29, 0.717) is 13.2 Å². The Balaban J connectivity index is -0.00000264. The molecule has 0 aliphatic carbocycles.